The predicted molar refractivity (Wildman–Crippen MR) is 172 cm³/mol. The van der Waals surface area contributed by atoms with Gasteiger partial charge in [-0.25, -0.2) is 4.79 Å². The molecule has 2 aliphatic rings. The number of nitrogens with zero attached hydrogens (tertiary/aromatic N) is 1. The number of benzene rings is 4. The van der Waals surface area contributed by atoms with Gasteiger partial charge in [0.1, 0.15) is 29.5 Å². The zero-order chi connectivity index (χ0) is 30.8. The SMILES string of the molecule is NC1C(=O)N2C(C(=O)OC(c3ccccc3)c3ccccc3)=C(COc3cc(Cl)ccc3Oc3ccc(Cl)cc3Cl)CS[C@@H]12. The summed E-state index contributed by atoms with van der Waals surface area (Å²) >= 11 is 20.1. The van der Waals surface area contributed by atoms with E-state index in [2.05, 4.69) is 0 Å². The number of hydrogen-bond acceptors (Lipinski definition) is 7. The summed E-state index contributed by atoms with van der Waals surface area (Å²) in [6.45, 7) is -0.0461. The van der Waals surface area contributed by atoms with Gasteiger partial charge in [-0.3, -0.25) is 9.69 Å². The number of nitrogens with two attached hydrogens (primary N) is 1. The molecule has 6 rings (SSSR count). The molecule has 4 aromatic rings. The van der Waals surface area contributed by atoms with Gasteiger partial charge in [0.25, 0.3) is 0 Å². The van der Waals surface area contributed by atoms with Gasteiger partial charge in [-0.15, -0.1) is 11.8 Å². The maximum absolute atomic E-state index is 14.0. The Balaban J connectivity index is 1.31. The number of esters is 1. The number of carbonyl (C=O) groups excluding carboxylic acids is 2. The number of fused-ring (bicyclic) bond motifs is 1. The molecular weight excluding hydrogens is 643 g/mol. The number of thioether (sulfide) groups is 1. The summed E-state index contributed by atoms with van der Waals surface area (Å²) in [6, 6.07) is 27.9. The topological polar surface area (TPSA) is 91.1 Å². The predicted octanol–water partition coefficient (Wildman–Crippen LogP) is 7.65. The largest absolute Gasteiger partial charge is 0.485 e. The van der Waals surface area contributed by atoms with Crippen LogP contribution in [0.2, 0.25) is 15.1 Å². The Bertz CT molecular complexity index is 1700. The van der Waals surface area contributed by atoms with Crippen molar-refractivity contribution in [2.45, 2.75) is 17.5 Å². The van der Waals surface area contributed by atoms with Crippen LogP contribution in [0.1, 0.15) is 17.2 Å². The third-order valence-electron chi connectivity index (χ3n) is 7.13. The molecular formula is C33H25Cl3N2O5S. The van der Waals surface area contributed by atoms with E-state index in [4.69, 9.17) is 54.7 Å². The maximum atomic E-state index is 14.0. The summed E-state index contributed by atoms with van der Waals surface area (Å²) in [7, 11) is 0. The summed E-state index contributed by atoms with van der Waals surface area (Å²) in [5, 5.41) is 0.827. The second-order valence-electron chi connectivity index (χ2n) is 10.1. The first-order chi connectivity index (χ1) is 21.3. The lowest BCUT2D eigenvalue weighted by Crippen LogP contribution is -2.68. The van der Waals surface area contributed by atoms with Crippen molar-refractivity contribution in [1.82, 2.24) is 4.90 Å². The molecule has 0 radical (unpaired) electrons. The van der Waals surface area contributed by atoms with Crippen molar-refractivity contribution >= 4 is 58.4 Å². The first-order valence-electron chi connectivity index (χ1n) is 13.6. The van der Waals surface area contributed by atoms with Crippen LogP contribution in [-0.2, 0) is 14.3 Å². The van der Waals surface area contributed by atoms with E-state index < -0.39 is 18.1 Å². The normalized spacial score (nSPS) is 17.7. The van der Waals surface area contributed by atoms with Crippen molar-refractivity contribution in [2.75, 3.05) is 12.4 Å². The quantitative estimate of drug-likeness (QED) is 0.145. The molecule has 2 aliphatic heterocycles. The van der Waals surface area contributed by atoms with Crippen LogP contribution in [0.4, 0.5) is 0 Å². The molecule has 0 aromatic heterocycles. The van der Waals surface area contributed by atoms with E-state index in [0.717, 1.165) is 11.1 Å². The van der Waals surface area contributed by atoms with Gasteiger partial charge < -0.3 is 19.9 Å². The number of ether oxygens (including phenoxy) is 3. The van der Waals surface area contributed by atoms with Crippen LogP contribution in [0.25, 0.3) is 0 Å². The van der Waals surface area contributed by atoms with Gasteiger partial charge >= 0.3 is 5.97 Å². The number of amides is 1. The summed E-state index contributed by atoms with van der Waals surface area (Å²) < 4.78 is 18.4. The highest BCUT2D eigenvalue weighted by molar-refractivity contribution is 8.00. The van der Waals surface area contributed by atoms with Gasteiger partial charge in [-0.1, -0.05) is 95.5 Å². The minimum atomic E-state index is -0.707. The van der Waals surface area contributed by atoms with Gasteiger partial charge in [0.15, 0.2) is 17.6 Å². The zero-order valence-corrected chi connectivity index (χ0v) is 26.1. The van der Waals surface area contributed by atoms with Crippen LogP contribution < -0.4 is 15.2 Å². The minimum Gasteiger partial charge on any atom is -0.485 e. The standard InChI is InChI=1S/C33H25Cl3N2O5S/c34-22-11-13-25(24(36)15-22)42-26-14-12-23(35)16-27(26)41-17-21-18-44-32-28(37)31(39)38(32)29(21)33(40)43-30(19-7-3-1-4-8-19)20-9-5-2-6-10-20/h1-16,28,30,32H,17-18,37H2/t28?,32-/m0/s1. The Kier molecular flexibility index (Phi) is 9.07. The number of carbonyl (C=O) groups is 2. The van der Waals surface area contributed by atoms with E-state index in [1.807, 2.05) is 60.7 Å². The van der Waals surface area contributed by atoms with Crippen molar-refractivity contribution in [3.8, 4) is 17.2 Å². The minimum absolute atomic E-state index is 0.0461. The monoisotopic (exact) mass is 666 g/mol. The number of hydrogen-bond donors (Lipinski definition) is 1. The van der Waals surface area contributed by atoms with Crippen molar-refractivity contribution < 1.29 is 23.8 Å². The fraction of sp³-hybridized carbons (Fsp3) is 0.152. The molecule has 1 fully saturated rings. The third kappa shape index (κ3) is 6.27. The van der Waals surface area contributed by atoms with Crippen molar-refractivity contribution in [1.29, 1.82) is 0 Å². The molecule has 2 heterocycles. The number of β-lactam (4-membered cyclic amide) rings is 1. The summed E-state index contributed by atoms with van der Waals surface area (Å²) in [4.78, 5) is 28.4. The van der Waals surface area contributed by atoms with Gasteiger partial charge in [-0.05, 0) is 41.5 Å². The first-order valence-corrected chi connectivity index (χ1v) is 15.8. The second kappa shape index (κ2) is 13.1. The summed E-state index contributed by atoms with van der Waals surface area (Å²) in [5.74, 6) is 0.423. The molecule has 4 aromatic carbocycles. The van der Waals surface area contributed by atoms with Gasteiger partial charge in [0.05, 0.1) is 5.02 Å². The zero-order valence-electron chi connectivity index (χ0n) is 23.0. The molecule has 11 heteroatoms. The molecule has 0 aliphatic carbocycles. The highest BCUT2D eigenvalue weighted by atomic mass is 35.5. The molecule has 7 nitrogen and oxygen atoms in total. The Morgan fingerprint density at radius 2 is 1.48 bits per heavy atom. The molecule has 1 unspecified atom stereocenters. The Hall–Kier alpha value is -3.66. The van der Waals surface area contributed by atoms with Crippen LogP contribution in [0.15, 0.2) is 108 Å². The number of rotatable bonds is 9. The molecule has 2 N–H and O–H groups in total. The lowest BCUT2D eigenvalue weighted by molar-refractivity contribution is -0.153. The molecule has 2 atom stereocenters. The molecule has 0 spiro atoms. The fourth-order valence-corrected chi connectivity index (χ4v) is 6.83. The maximum Gasteiger partial charge on any atom is 0.356 e. The smallest absolute Gasteiger partial charge is 0.356 e. The lowest BCUT2D eigenvalue weighted by Gasteiger charge is -2.48. The lowest BCUT2D eigenvalue weighted by atomic mass is 10.0. The van der Waals surface area contributed by atoms with E-state index >= 15 is 0 Å². The Morgan fingerprint density at radius 1 is 0.864 bits per heavy atom. The van der Waals surface area contributed by atoms with Gasteiger partial charge in [0.2, 0.25) is 5.91 Å². The van der Waals surface area contributed by atoms with Crippen LogP contribution in [0.3, 0.4) is 0 Å². The number of halogens is 3. The Labute approximate surface area is 273 Å². The molecule has 0 bridgehead atoms. The highest BCUT2D eigenvalue weighted by Crippen LogP contribution is 2.42. The van der Waals surface area contributed by atoms with E-state index in [1.165, 1.54) is 16.7 Å². The van der Waals surface area contributed by atoms with Gasteiger partial charge in [-0.2, -0.15) is 0 Å². The average Bonchev–Trinajstić information content (AvgIpc) is 3.04. The average molecular weight is 668 g/mol. The first kappa shape index (κ1) is 30.4. The molecule has 0 saturated carbocycles. The van der Waals surface area contributed by atoms with Crippen molar-refractivity contribution in [2.24, 2.45) is 5.73 Å². The van der Waals surface area contributed by atoms with E-state index in [9.17, 15) is 9.59 Å². The van der Waals surface area contributed by atoms with E-state index in [-0.39, 0.29) is 23.6 Å². The highest BCUT2D eigenvalue weighted by Gasteiger charge is 2.52. The second-order valence-corrected chi connectivity index (χ2v) is 12.4. The summed E-state index contributed by atoms with van der Waals surface area (Å²) in [6.07, 6.45) is -0.699. The van der Waals surface area contributed by atoms with E-state index in [1.54, 1.807) is 36.4 Å². The van der Waals surface area contributed by atoms with Crippen LogP contribution in [0, 0.1) is 0 Å². The van der Waals surface area contributed by atoms with Crippen LogP contribution >= 0.6 is 46.6 Å². The molecule has 1 saturated heterocycles. The Morgan fingerprint density at radius 3 is 2.11 bits per heavy atom. The van der Waals surface area contributed by atoms with Gasteiger partial charge in [0, 0.05) is 27.4 Å². The molecule has 224 valence electrons. The van der Waals surface area contributed by atoms with Crippen LogP contribution in [-0.4, -0.2) is 40.6 Å². The van der Waals surface area contributed by atoms with Crippen LogP contribution in [0.5, 0.6) is 17.2 Å². The van der Waals surface area contributed by atoms with Crippen molar-refractivity contribution in [3.05, 3.63) is 135 Å². The molecule has 44 heavy (non-hydrogen) atoms. The van der Waals surface area contributed by atoms with E-state index in [0.29, 0.717) is 43.6 Å². The summed E-state index contributed by atoms with van der Waals surface area (Å²) in [5.41, 5.74) is 8.37. The molecule has 1 amide bonds. The fourth-order valence-electron chi connectivity index (χ4n) is 4.95. The van der Waals surface area contributed by atoms with Crippen molar-refractivity contribution in [3.63, 3.8) is 0 Å². The third-order valence-corrected chi connectivity index (χ3v) is 9.26.